The van der Waals surface area contributed by atoms with Crippen LogP contribution in [-0.4, -0.2) is 28.1 Å². The fraction of sp³-hybridized carbons (Fsp3) is 0.357. The molecule has 4 nitrogen and oxygen atoms in total. The average molecular weight is 246 g/mol. The first-order chi connectivity index (χ1) is 8.53. The zero-order chi connectivity index (χ0) is 13.2. The number of benzene rings is 1. The molecule has 0 saturated heterocycles. The van der Waals surface area contributed by atoms with Crippen LogP contribution in [0.4, 0.5) is 0 Å². The van der Waals surface area contributed by atoms with Gasteiger partial charge < -0.3 is 15.4 Å². The first kappa shape index (κ1) is 12.6. The van der Waals surface area contributed by atoms with Crippen molar-refractivity contribution in [2.45, 2.75) is 25.9 Å². The maximum absolute atomic E-state index is 12.0. The number of carbonyl (C=O) groups excluding carboxylic acids is 1. The molecule has 2 rings (SSSR count). The fourth-order valence-corrected chi connectivity index (χ4v) is 1.75. The van der Waals surface area contributed by atoms with Gasteiger partial charge in [0.15, 0.2) is 0 Å². The van der Waals surface area contributed by atoms with E-state index in [0.717, 1.165) is 10.9 Å². The lowest BCUT2D eigenvalue weighted by molar-refractivity contribution is 0.0519. The van der Waals surface area contributed by atoms with Crippen LogP contribution in [0.1, 0.15) is 30.6 Å². The number of nitrogens with one attached hydrogen (secondary N) is 2. The predicted octanol–water partition coefficient (Wildman–Crippen LogP) is 2.06. The van der Waals surface area contributed by atoms with Gasteiger partial charge in [-0.15, -0.1) is 0 Å². The van der Waals surface area contributed by atoms with E-state index in [1.54, 1.807) is 13.1 Å². The quantitative estimate of drug-likeness (QED) is 0.773. The highest BCUT2D eigenvalue weighted by Gasteiger charge is 2.19. The van der Waals surface area contributed by atoms with Crippen molar-refractivity contribution in [3.8, 4) is 0 Å². The average Bonchev–Trinajstić information content (AvgIpc) is 2.80. The summed E-state index contributed by atoms with van der Waals surface area (Å²) in [6.45, 7) is 3.85. The molecule has 3 N–H and O–H groups in total. The topological polar surface area (TPSA) is 65.1 Å². The summed E-state index contributed by atoms with van der Waals surface area (Å²) in [6.07, 6.45) is 2.29. The van der Waals surface area contributed by atoms with Crippen LogP contribution in [0.15, 0.2) is 30.5 Å². The van der Waals surface area contributed by atoms with Gasteiger partial charge in [-0.3, -0.25) is 4.79 Å². The Bertz CT molecular complexity index is 558. The molecule has 1 amide bonds. The first-order valence-electron chi connectivity index (χ1n) is 6.10. The van der Waals surface area contributed by atoms with Crippen molar-refractivity contribution in [2.24, 2.45) is 0 Å². The number of aliphatic hydroxyl groups is 1. The third-order valence-electron chi connectivity index (χ3n) is 3.23. The smallest absolute Gasteiger partial charge is 0.253 e. The Morgan fingerprint density at radius 3 is 2.89 bits per heavy atom. The molecule has 0 aliphatic heterocycles. The van der Waals surface area contributed by atoms with Crippen molar-refractivity contribution in [2.75, 3.05) is 6.54 Å². The number of H-pyrrole nitrogens is 1. The molecule has 96 valence electrons. The van der Waals surface area contributed by atoms with Crippen LogP contribution in [0.5, 0.6) is 0 Å². The number of para-hydroxylation sites is 1. The van der Waals surface area contributed by atoms with Crippen LogP contribution >= 0.6 is 0 Å². The Morgan fingerprint density at radius 2 is 2.17 bits per heavy atom. The largest absolute Gasteiger partial charge is 0.388 e. The van der Waals surface area contributed by atoms with Gasteiger partial charge in [-0.25, -0.2) is 0 Å². The molecule has 1 heterocycles. The summed E-state index contributed by atoms with van der Waals surface area (Å²) in [5, 5.41) is 13.5. The molecule has 18 heavy (non-hydrogen) atoms. The molecule has 1 aromatic heterocycles. The van der Waals surface area contributed by atoms with Gasteiger partial charge in [0.1, 0.15) is 0 Å². The zero-order valence-electron chi connectivity index (χ0n) is 10.7. The molecule has 2 aromatic rings. The van der Waals surface area contributed by atoms with E-state index in [-0.39, 0.29) is 12.5 Å². The summed E-state index contributed by atoms with van der Waals surface area (Å²) >= 11 is 0. The van der Waals surface area contributed by atoms with Crippen molar-refractivity contribution in [1.29, 1.82) is 0 Å². The second-order valence-corrected chi connectivity index (χ2v) is 4.78. The highest BCUT2D eigenvalue weighted by Crippen LogP contribution is 2.17. The van der Waals surface area contributed by atoms with E-state index in [1.807, 2.05) is 31.2 Å². The first-order valence-corrected chi connectivity index (χ1v) is 6.10. The maximum atomic E-state index is 12.0. The minimum atomic E-state index is -0.859. The SMILES string of the molecule is CCC(C)(O)CNC(=O)c1c[nH]c2ccccc12. The van der Waals surface area contributed by atoms with E-state index in [2.05, 4.69) is 10.3 Å². The van der Waals surface area contributed by atoms with E-state index in [1.165, 1.54) is 0 Å². The molecular formula is C14H18N2O2. The number of rotatable bonds is 4. The standard InChI is InChI=1S/C14H18N2O2/c1-3-14(2,18)9-16-13(17)11-8-15-12-7-5-4-6-10(11)12/h4-8,15,18H,3,9H2,1-2H3,(H,16,17). The van der Waals surface area contributed by atoms with Gasteiger partial charge in [0, 0.05) is 23.6 Å². The van der Waals surface area contributed by atoms with Crippen LogP contribution < -0.4 is 5.32 Å². The minimum Gasteiger partial charge on any atom is -0.388 e. The Kier molecular flexibility index (Phi) is 3.39. The highest BCUT2D eigenvalue weighted by atomic mass is 16.3. The van der Waals surface area contributed by atoms with E-state index < -0.39 is 5.60 Å². The molecule has 0 spiro atoms. The van der Waals surface area contributed by atoms with Crippen molar-refractivity contribution < 1.29 is 9.90 Å². The number of hydrogen-bond acceptors (Lipinski definition) is 2. The monoisotopic (exact) mass is 246 g/mol. The van der Waals surface area contributed by atoms with Crippen molar-refractivity contribution in [1.82, 2.24) is 10.3 Å². The van der Waals surface area contributed by atoms with Gasteiger partial charge in [0.05, 0.1) is 11.2 Å². The lowest BCUT2D eigenvalue weighted by atomic mass is 10.0. The summed E-state index contributed by atoms with van der Waals surface area (Å²) in [7, 11) is 0. The highest BCUT2D eigenvalue weighted by molar-refractivity contribution is 6.06. The maximum Gasteiger partial charge on any atom is 0.253 e. The second-order valence-electron chi connectivity index (χ2n) is 4.78. The minimum absolute atomic E-state index is 0.166. The third kappa shape index (κ3) is 2.54. The van der Waals surface area contributed by atoms with Crippen LogP contribution in [0.3, 0.4) is 0 Å². The van der Waals surface area contributed by atoms with Gasteiger partial charge in [0.25, 0.3) is 5.91 Å². The number of carbonyl (C=O) groups is 1. The van der Waals surface area contributed by atoms with Gasteiger partial charge in [-0.05, 0) is 19.4 Å². The Morgan fingerprint density at radius 1 is 1.44 bits per heavy atom. The summed E-state index contributed by atoms with van der Waals surface area (Å²) in [5.74, 6) is -0.166. The van der Waals surface area contributed by atoms with E-state index in [4.69, 9.17) is 0 Å². The molecule has 0 aliphatic rings. The molecule has 0 fully saturated rings. The predicted molar refractivity (Wildman–Crippen MR) is 71.5 cm³/mol. The summed E-state index contributed by atoms with van der Waals surface area (Å²) in [4.78, 5) is 15.1. The van der Waals surface area contributed by atoms with E-state index in [9.17, 15) is 9.90 Å². The molecule has 0 saturated carbocycles. The molecule has 1 aromatic carbocycles. The molecule has 0 bridgehead atoms. The Labute approximate surface area is 106 Å². The second kappa shape index (κ2) is 4.82. The van der Waals surface area contributed by atoms with Crippen LogP contribution in [0, 0.1) is 0 Å². The summed E-state index contributed by atoms with van der Waals surface area (Å²) in [5.41, 5.74) is 0.685. The van der Waals surface area contributed by atoms with Crippen molar-refractivity contribution in [3.63, 3.8) is 0 Å². The van der Waals surface area contributed by atoms with Crippen LogP contribution in [0.25, 0.3) is 10.9 Å². The third-order valence-corrected chi connectivity index (χ3v) is 3.23. The van der Waals surface area contributed by atoms with Gasteiger partial charge in [-0.1, -0.05) is 25.1 Å². The fourth-order valence-electron chi connectivity index (χ4n) is 1.75. The Hall–Kier alpha value is -1.81. The van der Waals surface area contributed by atoms with Gasteiger partial charge >= 0.3 is 0 Å². The molecule has 4 heteroatoms. The molecule has 1 atom stereocenters. The number of amides is 1. The molecular weight excluding hydrogens is 228 g/mol. The normalized spacial score (nSPS) is 14.4. The van der Waals surface area contributed by atoms with Crippen molar-refractivity contribution >= 4 is 16.8 Å². The number of aromatic amines is 1. The summed E-state index contributed by atoms with van der Waals surface area (Å²) in [6, 6.07) is 7.64. The molecule has 1 unspecified atom stereocenters. The molecule has 0 radical (unpaired) electrons. The number of aromatic nitrogens is 1. The van der Waals surface area contributed by atoms with E-state index >= 15 is 0 Å². The van der Waals surface area contributed by atoms with Gasteiger partial charge in [-0.2, -0.15) is 0 Å². The van der Waals surface area contributed by atoms with Crippen molar-refractivity contribution in [3.05, 3.63) is 36.0 Å². The lowest BCUT2D eigenvalue weighted by Gasteiger charge is -2.21. The van der Waals surface area contributed by atoms with Crippen LogP contribution in [0.2, 0.25) is 0 Å². The summed E-state index contributed by atoms with van der Waals surface area (Å²) < 4.78 is 0. The van der Waals surface area contributed by atoms with E-state index in [0.29, 0.717) is 12.0 Å². The zero-order valence-corrected chi connectivity index (χ0v) is 10.7. The molecule has 0 aliphatic carbocycles. The Balaban J connectivity index is 2.14. The lowest BCUT2D eigenvalue weighted by Crippen LogP contribution is -2.40. The van der Waals surface area contributed by atoms with Crippen LogP contribution in [-0.2, 0) is 0 Å². The number of fused-ring (bicyclic) bond motifs is 1. The number of hydrogen-bond donors (Lipinski definition) is 3. The van der Waals surface area contributed by atoms with Gasteiger partial charge in [0.2, 0.25) is 0 Å².